The summed E-state index contributed by atoms with van der Waals surface area (Å²) in [7, 11) is 0. The van der Waals surface area contributed by atoms with Gasteiger partial charge in [-0.15, -0.1) is 0 Å². The molecule has 0 aromatic heterocycles. The quantitative estimate of drug-likeness (QED) is 0.386. The summed E-state index contributed by atoms with van der Waals surface area (Å²) in [6.07, 6.45) is 1.87. The summed E-state index contributed by atoms with van der Waals surface area (Å²) in [6, 6.07) is 8.62. The Kier molecular flexibility index (Phi) is 2.83. The van der Waals surface area contributed by atoms with Gasteiger partial charge < -0.3 is 15.3 Å². The highest BCUT2D eigenvalue weighted by atomic mass is 16.5. The van der Waals surface area contributed by atoms with Gasteiger partial charge in [-0.05, 0) is 12.2 Å². The molecule has 4 nitrogen and oxygen atoms in total. The van der Waals surface area contributed by atoms with Gasteiger partial charge in [0.25, 0.3) is 0 Å². The van der Waals surface area contributed by atoms with E-state index >= 15 is 0 Å². The van der Waals surface area contributed by atoms with Gasteiger partial charge in [0.2, 0.25) is 0 Å². The molecule has 17 heavy (non-hydrogen) atoms. The van der Waals surface area contributed by atoms with Gasteiger partial charge in [0.1, 0.15) is 5.76 Å². The molecule has 0 radical (unpaired) electrons. The van der Waals surface area contributed by atoms with E-state index in [1.165, 1.54) is 6.08 Å². The van der Waals surface area contributed by atoms with Crippen LogP contribution in [0.1, 0.15) is 12.0 Å². The molecule has 0 amide bonds. The maximum absolute atomic E-state index is 11.6. The zero-order chi connectivity index (χ0) is 12.5. The highest BCUT2D eigenvalue weighted by Gasteiger charge is 2.30. The fourth-order valence-electron chi connectivity index (χ4n) is 1.66. The van der Waals surface area contributed by atoms with Gasteiger partial charge in [0.05, 0.1) is 12.0 Å². The number of aliphatic hydroxyl groups excluding tert-OH is 1. The molecule has 0 bridgehead atoms. The van der Waals surface area contributed by atoms with Crippen LogP contribution in [0.25, 0.3) is 5.76 Å². The average Bonchev–Trinajstić information content (AvgIpc) is 2.28. The number of rotatable bonds is 1. The van der Waals surface area contributed by atoms with Crippen molar-refractivity contribution in [1.82, 2.24) is 0 Å². The molecule has 1 aromatic rings. The van der Waals surface area contributed by atoms with Gasteiger partial charge >= 0.3 is 0 Å². The Morgan fingerprint density at radius 2 is 1.82 bits per heavy atom. The van der Waals surface area contributed by atoms with Crippen LogP contribution in [-0.4, -0.2) is 26.9 Å². The monoisotopic (exact) mass is 232 g/mol. The summed E-state index contributed by atoms with van der Waals surface area (Å²) < 4.78 is 0. The molecule has 1 aliphatic carbocycles. The Labute approximate surface area is 98.1 Å². The van der Waals surface area contributed by atoms with Crippen molar-refractivity contribution < 1.29 is 20.1 Å². The van der Waals surface area contributed by atoms with Gasteiger partial charge in [-0.2, -0.15) is 0 Å². The van der Waals surface area contributed by atoms with E-state index in [0.29, 0.717) is 5.56 Å². The zero-order valence-corrected chi connectivity index (χ0v) is 9.00. The molecule has 4 heteroatoms. The number of carbonyl (C=O) groups excluding carboxylic acids is 1. The Morgan fingerprint density at radius 1 is 1.18 bits per heavy atom. The first-order valence-corrected chi connectivity index (χ1v) is 5.15. The van der Waals surface area contributed by atoms with Crippen LogP contribution in [0.3, 0.4) is 0 Å². The summed E-state index contributed by atoms with van der Waals surface area (Å²) >= 11 is 0. The van der Waals surface area contributed by atoms with Gasteiger partial charge in [0, 0.05) is 5.56 Å². The van der Waals surface area contributed by atoms with Gasteiger partial charge in [-0.25, -0.2) is 0 Å². The molecule has 0 spiro atoms. The zero-order valence-electron chi connectivity index (χ0n) is 9.00. The SMILES string of the molecule is O=C1CC(O)(O)C=C/C1=C(/O)c1ccccc1. The first kappa shape index (κ1) is 11.6. The number of Topliss-reactive ketones (excluding diaryl/α,β-unsaturated/α-hetero) is 1. The van der Waals surface area contributed by atoms with Crippen molar-refractivity contribution in [2.75, 3.05) is 0 Å². The molecule has 88 valence electrons. The van der Waals surface area contributed by atoms with E-state index in [1.807, 2.05) is 0 Å². The van der Waals surface area contributed by atoms with Crippen LogP contribution in [-0.2, 0) is 4.79 Å². The minimum absolute atomic E-state index is 0.0925. The van der Waals surface area contributed by atoms with Crippen molar-refractivity contribution in [3.8, 4) is 0 Å². The number of carbonyl (C=O) groups is 1. The molecule has 3 N–H and O–H groups in total. The largest absolute Gasteiger partial charge is 0.507 e. The molecule has 0 atom stereocenters. The number of hydrogen-bond acceptors (Lipinski definition) is 4. The van der Waals surface area contributed by atoms with Crippen LogP contribution >= 0.6 is 0 Å². The maximum atomic E-state index is 11.6. The van der Waals surface area contributed by atoms with E-state index in [2.05, 4.69) is 0 Å². The highest BCUT2D eigenvalue weighted by Crippen LogP contribution is 2.25. The van der Waals surface area contributed by atoms with Crippen LogP contribution in [0, 0.1) is 0 Å². The Bertz CT molecular complexity index is 497. The van der Waals surface area contributed by atoms with E-state index in [0.717, 1.165) is 6.08 Å². The second-order valence-corrected chi connectivity index (χ2v) is 3.94. The first-order valence-electron chi connectivity index (χ1n) is 5.15. The van der Waals surface area contributed by atoms with Crippen molar-refractivity contribution in [3.05, 3.63) is 53.6 Å². The number of allylic oxidation sites excluding steroid dienone is 2. The molecular weight excluding hydrogens is 220 g/mol. The summed E-state index contributed by atoms with van der Waals surface area (Å²) in [5, 5.41) is 28.4. The second-order valence-electron chi connectivity index (χ2n) is 3.94. The maximum Gasteiger partial charge on any atom is 0.190 e. The smallest absolute Gasteiger partial charge is 0.190 e. The van der Waals surface area contributed by atoms with E-state index in [-0.39, 0.29) is 11.3 Å². The predicted octanol–water partition coefficient (Wildman–Crippen LogP) is 1.17. The fraction of sp³-hybridized carbons (Fsp3) is 0.154. The predicted molar refractivity (Wildman–Crippen MR) is 61.9 cm³/mol. The third-order valence-electron chi connectivity index (χ3n) is 2.54. The minimum Gasteiger partial charge on any atom is -0.507 e. The number of hydrogen-bond donors (Lipinski definition) is 3. The lowest BCUT2D eigenvalue weighted by atomic mass is 9.93. The van der Waals surface area contributed by atoms with E-state index in [1.54, 1.807) is 30.3 Å². The van der Waals surface area contributed by atoms with Crippen LogP contribution in [0.5, 0.6) is 0 Å². The molecule has 1 aromatic carbocycles. The summed E-state index contributed by atoms with van der Waals surface area (Å²) in [6.45, 7) is 0. The van der Waals surface area contributed by atoms with Crippen LogP contribution in [0.2, 0.25) is 0 Å². The molecule has 0 saturated carbocycles. The third-order valence-corrected chi connectivity index (χ3v) is 2.54. The number of aliphatic hydroxyl groups is 3. The Hall–Kier alpha value is -1.91. The molecule has 1 aliphatic rings. The van der Waals surface area contributed by atoms with Crippen LogP contribution in [0.4, 0.5) is 0 Å². The second kappa shape index (κ2) is 4.16. The molecule has 0 unspecified atom stereocenters. The number of benzene rings is 1. The molecule has 2 rings (SSSR count). The first-order chi connectivity index (χ1) is 7.99. The van der Waals surface area contributed by atoms with Gasteiger partial charge in [0.15, 0.2) is 11.6 Å². The van der Waals surface area contributed by atoms with Crippen molar-refractivity contribution in [2.24, 2.45) is 0 Å². The highest BCUT2D eigenvalue weighted by molar-refractivity contribution is 6.05. The lowest BCUT2D eigenvalue weighted by Crippen LogP contribution is -2.32. The molecule has 0 aliphatic heterocycles. The van der Waals surface area contributed by atoms with Crippen molar-refractivity contribution in [2.45, 2.75) is 12.2 Å². The van der Waals surface area contributed by atoms with E-state index in [9.17, 15) is 20.1 Å². The average molecular weight is 232 g/mol. The summed E-state index contributed by atoms with van der Waals surface area (Å²) in [5.41, 5.74) is 0.610. The lowest BCUT2D eigenvalue weighted by Gasteiger charge is -2.21. The number of ketones is 1. The molecule has 0 heterocycles. The van der Waals surface area contributed by atoms with Gasteiger partial charge in [-0.1, -0.05) is 30.3 Å². The summed E-state index contributed by atoms with van der Waals surface area (Å²) in [4.78, 5) is 11.6. The fourth-order valence-corrected chi connectivity index (χ4v) is 1.66. The summed E-state index contributed by atoms with van der Waals surface area (Å²) in [5.74, 6) is -2.77. The third kappa shape index (κ3) is 2.43. The standard InChI is InChI=1S/C13H12O4/c14-11-8-13(16,17)7-6-10(11)12(15)9-4-2-1-3-5-9/h1-7,15-17H,8H2/b12-10-. The van der Waals surface area contributed by atoms with Crippen molar-refractivity contribution in [3.63, 3.8) is 0 Å². The minimum atomic E-state index is -2.11. The molecule has 0 fully saturated rings. The lowest BCUT2D eigenvalue weighted by molar-refractivity contribution is -0.144. The van der Waals surface area contributed by atoms with E-state index < -0.39 is 18.0 Å². The van der Waals surface area contributed by atoms with Crippen LogP contribution in [0.15, 0.2) is 48.1 Å². The Balaban J connectivity index is 2.44. The topological polar surface area (TPSA) is 77.8 Å². The van der Waals surface area contributed by atoms with Crippen molar-refractivity contribution in [1.29, 1.82) is 0 Å². The normalized spacial score (nSPS) is 21.4. The van der Waals surface area contributed by atoms with Crippen LogP contribution < -0.4 is 0 Å². The van der Waals surface area contributed by atoms with Gasteiger partial charge in [-0.3, -0.25) is 4.79 Å². The van der Waals surface area contributed by atoms with Crippen molar-refractivity contribution >= 4 is 11.5 Å². The van der Waals surface area contributed by atoms with E-state index in [4.69, 9.17) is 0 Å². The Morgan fingerprint density at radius 3 is 2.41 bits per heavy atom. The molecule has 0 saturated heterocycles. The molecular formula is C13H12O4.